The number of carbonyl (C=O) groups excluding carboxylic acids is 3. The molecule has 30 heavy (non-hydrogen) atoms. The number of Topliss-reactive ketones (excluding diaryl/α,β-unsaturated/α-hetero) is 1. The monoisotopic (exact) mass is 404 g/mol. The highest BCUT2D eigenvalue weighted by Crippen LogP contribution is 2.38. The van der Waals surface area contributed by atoms with Crippen molar-refractivity contribution in [2.45, 2.75) is 45.2 Å². The van der Waals surface area contributed by atoms with E-state index < -0.39 is 12.1 Å². The number of benzene rings is 1. The van der Waals surface area contributed by atoms with Gasteiger partial charge in [0.1, 0.15) is 6.04 Å². The zero-order valence-corrected chi connectivity index (χ0v) is 17.1. The summed E-state index contributed by atoms with van der Waals surface area (Å²) in [5, 5.41) is 3.77. The number of fused-ring (bicyclic) bond motifs is 1. The summed E-state index contributed by atoms with van der Waals surface area (Å²) in [6, 6.07) is 9.02. The SMILES string of the molecule is Cc1cc(C(=O)CN2C(=O)N[C@H](Cc3c[nH]c4ccccc34)C2=O)c(C)n1C1CC1. The van der Waals surface area contributed by atoms with E-state index in [2.05, 4.69) is 14.9 Å². The Bertz CT molecular complexity index is 1180. The zero-order chi connectivity index (χ0) is 21.0. The van der Waals surface area contributed by atoms with Gasteiger partial charge in [0, 0.05) is 46.5 Å². The normalized spacial score (nSPS) is 19.0. The highest BCUT2D eigenvalue weighted by atomic mass is 16.2. The van der Waals surface area contributed by atoms with Crippen molar-refractivity contribution in [3.8, 4) is 0 Å². The second-order valence-electron chi connectivity index (χ2n) is 8.30. The molecule has 3 heterocycles. The zero-order valence-electron chi connectivity index (χ0n) is 17.1. The molecule has 5 rings (SSSR count). The van der Waals surface area contributed by atoms with Gasteiger partial charge in [-0.1, -0.05) is 18.2 Å². The molecule has 2 aliphatic rings. The number of urea groups is 1. The largest absolute Gasteiger partial charge is 0.361 e. The average Bonchev–Trinajstić information content (AvgIpc) is 3.33. The number of para-hydroxylation sites is 1. The van der Waals surface area contributed by atoms with E-state index in [1.54, 1.807) is 0 Å². The Morgan fingerprint density at radius 1 is 1.17 bits per heavy atom. The third-order valence-electron chi connectivity index (χ3n) is 6.20. The predicted octanol–water partition coefficient (Wildman–Crippen LogP) is 3.27. The van der Waals surface area contributed by atoms with Crippen molar-refractivity contribution in [1.82, 2.24) is 19.8 Å². The highest BCUT2D eigenvalue weighted by Gasteiger charge is 2.40. The maximum Gasteiger partial charge on any atom is 0.325 e. The maximum atomic E-state index is 12.9. The molecule has 2 N–H and O–H groups in total. The highest BCUT2D eigenvalue weighted by molar-refractivity contribution is 6.09. The van der Waals surface area contributed by atoms with Crippen LogP contribution < -0.4 is 5.32 Å². The topological polar surface area (TPSA) is 87.2 Å². The molecule has 2 fully saturated rings. The van der Waals surface area contributed by atoms with E-state index in [9.17, 15) is 14.4 Å². The number of aromatic nitrogens is 2. The molecule has 154 valence electrons. The molecule has 1 saturated heterocycles. The fraction of sp³-hybridized carbons (Fsp3) is 0.348. The molecule has 0 unspecified atom stereocenters. The average molecular weight is 404 g/mol. The molecule has 1 saturated carbocycles. The number of H-pyrrole nitrogens is 1. The van der Waals surface area contributed by atoms with Gasteiger partial charge in [0.2, 0.25) is 0 Å². The molecule has 3 amide bonds. The van der Waals surface area contributed by atoms with Gasteiger partial charge in [0.25, 0.3) is 5.91 Å². The number of ketones is 1. The van der Waals surface area contributed by atoms with Crippen LogP contribution in [-0.2, 0) is 11.2 Å². The standard InChI is InChI=1S/C23H24N4O3/c1-13-9-18(14(2)27(13)16-7-8-16)21(28)12-26-22(29)20(25-23(26)30)10-15-11-24-19-6-4-3-5-17(15)19/h3-6,9,11,16,20,24H,7-8,10,12H2,1-2H3,(H,25,30)/t20-/m1/s1. The van der Waals surface area contributed by atoms with Crippen LogP contribution in [0.2, 0.25) is 0 Å². The second-order valence-corrected chi connectivity index (χ2v) is 8.30. The molecule has 0 spiro atoms. The summed E-state index contributed by atoms with van der Waals surface area (Å²) in [5.41, 5.74) is 4.52. The third kappa shape index (κ3) is 3.01. The van der Waals surface area contributed by atoms with Crippen molar-refractivity contribution < 1.29 is 14.4 Å². The lowest BCUT2D eigenvalue weighted by molar-refractivity contribution is -0.127. The lowest BCUT2D eigenvalue weighted by Gasteiger charge is -2.13. The van der Waals surface area contributed by atoms with Crippen LogP contribution in [0, 0.1) is 13.8 Å². The van der Waals surface area contributed by atoms with Crippen LogP contribution in [0.15, 0.2) is 36.5 Å². The Morgan fingerprint density at radius 3 is 2.70 bits per heavy atom. The van der Waals surface area contributed by atoms with Gasteiger partial charge < -0.3 is 14.9 Å². The van der Waals surface area contributed by atoms with Crippen LogP contribution in [0.4, 0.5) is 4.79 Å². The number of hydrogen-bond acceptors (Lipinski definition) is 3. The summed E-state index contributed by atoms with van der Waals surface area (Å²) in [7, 11) is 0. The van der Waals surface area contributed by atoms with Crippen LogP contribution >= 0.6 is 0 Å². The number of aromatic amines is 1. The van der Waals surface area contributed by atoms with Crippen molar-refractivity contribution in [2.75, 3.05) is 6.54 Å². The van der Waals surface area contributed by atoms with Gasteiger partial charge in [0.05, 0.1) is 6.54 Å². The van der Waals surface area contributed by atoms with Gasteiger partial charge in [0.15, 0.2) is 5.78 Å². The van der Waals surface area contributed by atoms with E-state index in [0.717, 1.165) is 45.6 Å². The number of carbonyl (C=O) groups is 3. The summed E-state index contributed by atoms with van der Waals surface area (Å²) in [6.45, 7) is 3.70. The lowest BCUT2D eigenvalue weighted by atomic mass is 10.0. The smallest absolute Gasteiger partial charge is 0.325 e. The van der Waals surface area contributed by atoms with Crippen LogP contribution in [0.25, 0.3) is 10.9 Å². The van der Waals surface area contributed by atoms with Crippen molar-refractivity contribution in [2.24, 2.45) is 0 Å². The van der Waals surface area contributed by atoms with Crippen molar-refractivity contribution in [3.05, 3.63) is 59.0 Å². The van der Waals surface area contributed by atoms with E-state index in [1.807, 2.05) is 50.4 Å². The number of imide groups is 1. The summed E-state index contributed by atoms with van der Waals surface area (Å²) in [4.78, 5) is 42.5. The summed E-state index contributed by atoms with van der Waals surface area (Å²) in [6.07, 6.45) is 4.51. The third-order valence-corrected chi connectivity index (χ3v) is 6.20. The lowest BCUT2D eigenvalue weighted by Crippen LogP contribution is -2.36. The first kappa shape index (κ1) is 18.7. The molecule has 0 bridgehead atoms. The van der Waals surface area contributed by atoms with E-state index in [4.69, 9.17) is 0 Å². The van der Waals surface area contributed by atoms with E-state index in [0.29, 0.717) is 18.0 Å². The number of nitrogens with zero attached hydrogens (tertiary/aromatic N) is 2. The molecule has 1 atom stereocenters. The fourth-order valence-corrected chi connectivity index (χ4v) is 4.57. The number of hydrogen-bond donors (Lipinski definition) is 2. The van der Waals surface area contributed by atoms with Gasteiger partial charge in [-0.2, -0.15) is 0 Å². The second kappa shape index (κ2) is 6.86. The summed E-state index contributed by atoms with van der Waals surface area (Å²) < 4.78 is 2.19. The van der Waals surface area contributed by atoms with Crippen LogP contribution in [0.1, 0.15) is 46.2 Å². The Labute approximate surface area is 174 Å². The molecule has 1 aromatic carbocycles. The Kier molecular flexibility index (Phi) is 4.27. The number of rotatable bonds is 6. The Balaban J connectivity index is 1.32. The van der Waals surface area contributed by atoms with Crippen molar-refractivity contribution in [1.29, 1.82) is 0 Å². The fourth-order valence-electron chi connectivity index (χ4n) is 4.57. The predicted molar refractivity (Wildman–Crippen MR) is 113 cm³/mol. The first-order chi connectivity index (χ1) is 14.4. The maximum absolute atomic E-state index is 12.9. The minimum absolute atomic E-state index is 0.203. The molecular weight excluding hydrogens is 380 g/mol. The van der Waals surface area contributed by atoms with Crippen molar-refractivity contribution in [3.63, 3.8) is 0 Å². The molecule has 1 aliphatic carbocycles. The summed E-state index contributed by atoms with van der Waals surface area (Å²) >= 11 is 0. The minimum atomic E-state index is -0.664. The van der Waals surface area contributed by atoms with Gasteiger partial charge in [-0.15, -0.1) is 0 Å². The molecular formula is C23H24N4O3. The first-order valence-corrected chi connectivity index (χ1v) is 10.3. The Morgan fingerprint density at radius 2 is 1.93 bits per heavy atom. The van der Waals surface area contributed by atoms with E-state index in [-0.39, 0.29) is 18.2 Å². The minimum Gasteiger partial charge on any atom is -0.361 e. The van der Waals surface area contributed by atoms with Crippen LogP contribution in [-0.4, -0.2) is 44.8 Å². The van der Waals surface area contributed by atoms with Crippen LogP contribution in [0.5, 0.6) is 0 Å². The summed E-state index contributed by atoms with van der Waals surface area (Å²) in [5.74, 6) is -0.555. The van der Waals surface area contributed by atoms with E-state index >= 15 is 0 Å². The number of aryl methyl sites for hydroxylation is 1. The van der Waals surface area contributed by atoms with Gasteiger partial charge in [-0.25, -0.2) is 4.79 Å². The molecule has 1 aliphatic heterocycles. The molecule has 0 radical (unpaired) electrons. The quantitative estimate of drug-likeness (QED) is 0.488. The van der Waals surface area contributed by atoms with Gasteiger partial charge in [-0.3, -0.25) is 14.5 Å². The number of nitrogens with one attached hydrogen (secondary N) is 2. The first-order valence-electron chi connectivity index (χ1n) is 10.3. The van der Waals surface area contributed by atoms with Gasteiger partial charge in [-0.05, 0) is 44.4 Å². The van der Waals surface area contributed by atoms with Crippen LogP contribution in [0.3, 0.4) is 0 Å². The number of amides is 3. The molecule has 7 nitrogen and oxygen atoms in total. The molecule has 3 aromatic rings. The molecule has 2 aromatic heterocycles. The van der Waals surface area contributed by atoms with Gasteiger partial charge >= 0.3 is 6.03 Å². The Hall–Kier alpha value is -3.35. The van der Waals surface area contributed by atoms with E-state index in [1.165, 1.54) is 0 Å². The van der Waals surface area contributed by atoms with Crippen molar-refractivity contribution >= 4 is 28.6 Å². The molecule has 7 heteroatoms.